The molecule has 2 aromatic carbocycles. The number of piperazine rings is 1. The molecule has 1 aromatic heterocycles. The summed E-state index contributed by atoms with van der Waals surface area (Å²) in [6.45, 7) is 8.30. The molecular weight excluding hydrogens is 447 g/mol. The second kappa shape index (κ2) is 11.5. The summed E-state index contributed by atoms with van der Waals surface area (Å²) in [6, 6.07) is 13.1. The van der Waals surface area contributed by atoms with Gasteiger partial charge in [0.2, 0.25) is 0 Å². The summed E-state index contributed by atoms with van der Waals surface area (Å²) < 4.78 is 27.0. The van der Waals surface area contributed by atoms with E-state index in [1.165, 1.54) is 6.07 Å². The van der Waals surface area contributed by atoms with Gasteiger partial charge in [-0.3, -0.25) is 4.90 Å². The Balaban J connectivity index is 1.46. The summed E-state index contributed by atoms with van der Waals surface area (Å²) in [5, 5.41) is 12.8. The molecule has 1 aliphatic heterocycles. The first kappa shape index (κ1) is 24.9. The quantitative estimate of drug-likeness (QED) is 0.433. The average molecular weight is 483 g/mol. The Morgan fingerprint density at radius 1 is 0.971 bits per heavy atom. The van der Waals surface area contributed by atoms with E-state index in [2.05, 4.69) is 39.2 Å². The van der Waals surface area contributed by atoms with Crippen LogP contribution in [-0.2, 0) is 13.0 Å². The molecule has 0 amide bonds. The molecular formula is C26H35FN6O2. The van der Waals surface area contributed by atoms with E-state index >= 15 is 0 Å². The summed E-state index contributed by atoms with van der Waals surface area (Å²) in [5.41, 5.74) is 1.80. The van der Waals surface area contributed by atoms with Crippen molar-refractivity contribution in [3.63, 3.8) is 0 Å². The van der Waals surface area contributed by atoms with E-state index < -0.39 is 0 Å². The molecule has 188 valence electrons. The molecule has 0 N–H and O–H groups in total. The van der Waals surface area contributed by atoms with Gasteiger partial charge >= 0.3 is 0 Å². The molecule has 1 atom stereocenters. The molecule has 1 fully saturated rings. The van der Waals surface area contributed by atoms with Gasteiger partial charge in [0.15, 0.2) is 17.3 Å². The van der Waals surface area contributed by atoms with Gasteiger partial charge in [-0.25, -0.2) is 9.07 Å². The number of anilines is 1. The third kappa shape index (κ3) is 5.90. The molecule has 1 saturated heterocycles. The van der Waals surface area contributed by atoms with Gasteiger partial charge in [-0.05, 0) is 59.0 Å². The maximum Gasteiger partial charge on any atom is 0.168 e. The Labute approximate surface area is 206 Å². The maximum absolute atomic E-state index is 14.3. The van der Waals surface area contributed by atoms with E-state index in [4.69, 9.17) is 9.47 Å². The van der Waals surface area contributed by atoms with Crippen LogP contribution >= 0.6 is 0 Å². The topological polar surface area (TPSA) is 68.5 Å². The Hall–Kier alpha value is -3.20. The summed E-state index contributed by atoms with van der Waals surface area (Å²) in [4.78, 5) is 4.56. The standard InChI is InChI=1S/C26H35FN6O2/c1-19(2)17-23(32-15-13-31(14-16-32)22-8-6-5-7-21(22)27)26-28-29-30-33(26)12-11-20-9-10-24(34-3)25(18-20)35-4/h5-10,18-19,23H,11-17H2,1-4H3/t23-/m0/s1. The lowest BCUT2D eigenvalue weighted by Gasteiger charge is -2.40. The lowest BCUT2D eigenvalue weighted by atomic mass is 10.0. The Morgan fingerprint density at radius 2 is 1.71 bits per heavy atom. The number of hydrogen-bond donors (Lipinski definition) is 0. The van der Waals surface area contributed by atoms with Crippen molar-refractivity contribution in [3.8, 4) is 11.5 Å². The van der Waals surface area contributed by atoms with Crippen LogP contribution in [0.2, 0.25) is 0 Å². The number of rotatable bonds is 10. The van der Waals surface area contributed by atoms with Crippen LogP contribution in [-0.4, -0.2) is 65.5 Å². The first-order valence-electron chi connectivity index (χ1n) is 12.2. The number of hydrogen-bond acceptors (Lipinski definition) is 7. The van der Waals surface area contributed by atoms with Crippen molar-refractivity contribution < 1.29 is 13.9 Å². The van der Waals surface area contributed by atoms with Gasteiger partial charge in [-0.1, -0.05) is 32.0 Å². The fourth-order valence-corrected chi connectivity index (χ4v) is 4.73. The molecule has 0 saturated carbocycles. The van der Waals surface area contributed by atoms with Crippen LogP contribution in [0.4, 0.5) is 10.1 Å². The number of halogens is 1. The molecule has 0 spiro atoms. The molecule has 0 aliphatic carbocycles. The number of methoxy groups -OCH3 is 2. The predicted octanol–water partition coefficient (Wildman–Crippen LogP) is 3.98. The highest BCUT2D eigenvalue weighted by atomic mass is 19.1. The maximum atomic E-state index is 14.3. The Kier molecular flexibility index (Phi) is 8.17. The first-order valence-corrected chi connectivity index (χ1v) is 12.2. The minimum Gasteiger partial charge on any atom is -0.493 e. The number of benzene rings is 2. The second-order valence-corrected chi connectivity index (χ2v) is 9.32. The van der Waals surface area contributed by atoms with Gasteiger partial charge in [-0.2, -0.15) is 0 Å². The summed E-state index contributed by atoms with van der Waals surface area (Å²) in [5.74, 6) is 2.64. The summed E-state index contributed by atoms with van der Waals surface area (Å²) in [6.07, 6.45) is 1.73. The zero-order valence-electron chi connectivity index (χ0n) is 21.0. The monoisotopic (exact) mass is 482 g/mol. The van der Waals surface area contributed by atoms with E-state index in [0.717, 1.165) is 50.4 Å². The fraction of sp³-hybridized carbons (Fsp3) is 0.500. The van der Waals surface area contributed by atoms with Gasteiger partial charge in [0.05, 0.1) is 25.9 Å². The molecule has 9 heteroatoms. The lowest BCUT2D eigenvalue weighted by molar-refractivity contribution is 0.152. The van der Waals surface area contributed by atoms with Crippen molar-refractivity contribution in [2.45, 2.75) is 39.3 Å². The second-order valence-electron chi connectivity index (χ2n) is 9.32. The minimum atomic E-state index is -0.168. The van der Waals surface area contributed by atoms with Gasteiger partial charge in [0, 0.05) is 32.7 Å². The zero-order valence-corrected chi connectivity index (χ0v) is 21.0. The number of aryl methyl sites for hydroxylation is 2. The van der Waals surface area contributed by atoms with Crippen molar-refractivity contribution in [3.05, 3.63) is 59.7 Å². The smallest absolute Gasteiger partial charge is 0.168 e. The number of ether oxygens (including phenoxy) is 2. The van der Waals surface area contributed by atoms with E-state index in [0.29, 0.717) is 29.6 Å². The Morgan fingerprint density at radius 3 is 2.40 bits per heavy atom. The molecule has 0 unspecified atom stereocenters. The van der Waals surface area contributed by atoms with Gasteiger partial charge in [-0.15, -0.1) is 5.10 Å². The molecule has 4 rings (SSSR count). The minimum absolute atomic E-state index is 0.109. The number of para-hydroxylation sites is 1. The van der Waals surface area contributed by atoms with Crippen LogP contribution in [0.25, 0.3) is 0 Å². The first-order chi connectivity index (χ1) is 17.0. The van der Waals surface area contributed by atoms with E-state index in [1.54, 1.807) is 20.3 Å². The van der Waals surface area contributed by atoms with Gasteiger partial charge in [0.1, 0.15) is 5.82 Å². The number of tetrazole rings is 1. The van der Waals surface area contributed by atoms with Crippen LogP contribution in [0.15, 0.2) is 42.5 Å². The third-order valence-electron chi connectivity index (χ3n) is 6.56. The highest BCUT2D eigenvalue weighted by Crippen LogP contribution is 2.30. The van der Waals surface area contributed by atoms with Crippen molar-refractivity contribution in [2.75, 3.05) is 45.3 Å². The Bertz CT molecular complexity index is 1100. The van der Waals surface area contributed by atoms with Crippen molar-refractivity contribution in [1.29, 1.82) is 0 Å². The van der Waals surface area contributed by atoms with Gasteiger partial charge < -0.3 is 14.4 Å². The highest BCUT2D eigenvalue weighted by Gasteiger charge is 2.30. The number of aromatic nitrogens is 4. The molecule has 0 radical (unpaired) electrons. The van der Waals surface area contributed by atoms with Gasteiger partial charge in [0.25, 0.3) is 0 Å². The van der Waals surface area contributed by atoms with Crippen LogP contribution in [0.1, 0.15) is 37.7 Å². The summed E-state index contributed by atoms with van der Waals surface area (Å²) >= 11 is 0. The molecule has 2 heterocycles. The number of nitrogens with zero attached hydrogens (tertiary/aromatic N) is 6. The summed E-state index contributed by atoms with van der Waals surface area (Å²) in [7, 11) is 3.28. The van der Waals surface area contributed by atoms with Crippen molar-refractivity contribution in [2.24, 2.45) is 5.92 Å². The van der Waals surface area contributed by atoms with Crippen molar-refractivity contribution in [1.82, 2.24) is 25.1 Å². The predicted molar refractivity (Wildman–Crippen MR) is 133 cm³/mol. The van der Waals surface area contributed by atoms with Crippen molar-refractivity contribution >= 4 is 5.69 Å². The van der Waals surface area contributed by atoms with Crippen LogP contribution in [0.3, 0.4) is 0 Å². The van der Waals surface area contributed by atoms with Crippen LogP contribution < -0.4 is 14.4 Å². The van der Waals surface area contributed by atoms with E-state index in [1.807, 2.05) is 35.0 Å². The van der Waals surface area contributed by atoms with E-state index in [-0.39, 0.29) is 11.9 Å². The van der Waals surface area contributed by atoms with Crippen LogP contribution in [0.5, 0.6) is 11.5 Å². The highest BCUT2D eigenvalue weighted by molar-refractivity contribution is 5.48. The molecule has 35 heavy (non-hydrogen) atoms. The average Bonchev–Trinajstić information content (AvgIpc) is 3.34. The van der Waals surface area contributed by atoms with E-state index in [9.17, 15) is 4.39 Å². The molecule has 3 aromatic rings. The largest absolute Gasteiger partial charge is 0.493 e. The third-order valence-corrected chi connectivity index (χ3v) is 6.56. The SMILES string of the molecule is COc1ccc(CCn2nnnc2[C@H](CC(C)C)N2CCN(c3ccccc3F)CC2)cc1OC. The molecule has 1 aliphatic rings. The zero-order chi connectivity index (χ0) is 24.8. The van der Waals surface area contributed by atoms with Crippen LogP contribution in [0, 0.1) is 11.7 Å². The normalized spacial score (nSPS) is 15.4. The fourth-order valence-electron chi connectivity index (χ4n) is 4.73. The molecule has 0 bridgehead atoms. The molecule has 8 nitrogen and oxygen atoms in total. The lowest BCUT2D eigenvalue weighted by Crippen LogP contribution is -2.48.